The molecule has 0 spiro atoms. The summed E-state index contributed by atoms with van der Waals surface area (Å²) in [5.41, 5.74) is 35.3. The molecule has 2 nitrogen and oxygen atoms in total. The molecule has 0 atom stereocenters. The lowest BCUT2D eigenvalue weighted by atomic mass is 9.74. The van der Waals surface area contributed by atoms with E-state index in [4.69, 9.17) is 4.74 Å². The number of aryl methyl sites for hydroxylation is 24. The molecule has 0 amide bonds. The molecule has 99 heavy (non-hydrogen) atoms. The molecule has 0 bridgehead atoms. The standard InChI is InChI=1S/C19H21F3.C17H18O.C16H18O.2C16H18.C10H14/c1-12-6-8-16(10-14(12)3)18(5,19(20,21)22)17-9-7-13(2)15(4)11-17;1-11-5-7-15(9-13(11)3)17(18)16-8-6-12(2)14(4)10-16;1-11-5-7-15(9-13(11)3)17-16-8-6-12(2)14(4)10-16;2*1-11-5-7-15(9-13(11)3)16-8-6-12(2)14(4)10-16;1-7-5-9(3)10(4)6-8(7)2/h6-11H,1-5H3;5-10H,1-4H3;5-10H,1-4H3;2*5-10H,1-4H3;5-6H,1-4H3. The molecule has 0 fully saturated rings. The van der Waals surface area contributed by atoms with Crippen molar-refractivity contribution in [2.24, 2.45) is 0 Å². The summed E-state index contributed by atoms with van der Waals surface area (Å²) in [4.78, 5) is 12.4. The van der Waals surface area contributed by atoms with Crippen LogP contribution in [0.3, 0.4) is 0 Å². The molecule has 11 rings (SSSR count). The van der Waals surface area contributed by atoms with Gasteiger partial charge in [0, 0.05) is 11.1 Å². The molecule has 11 aromatic rings. The largest absolute Gasteiger partial charge is 0.457 e. The maximum Gasteiger partial charge on any atom is 0.402 e. The number of carbonyl (C=O) groups is 1. The molecule has 11 aromatic carbocycles. The van der Waals surface area contributed by atoms with Crippen LogP contribution in [-0.4, -0.2) is 12.0 Å². The van der Waals surface area contributed by atoms with E-state index in [0.717, 1.165) is 56.0 Å². The Hall–Kier alpha value is -9.32. The second-order valence-corrected chi connectivity index (χ2v) is 28.0. The van der Waals surface area contributed by atoms with Gasteiger partial charge in [-0.15, -0.1) is 0 Å². The van der Waals surface area contributed by atoms with Gasteiger partial charge in [0.2, 0.25) is 0 Å². The maximum atomic E-state index is 13.9. The normalized spacial score (nSPS) is 10.9. The quantitative estimate of drug-likeness (QED) is 0.142. The third-order valence-corrected chi connectivity index (χ3v) is 20.3. The molecule has 0 radical (unpaired) electrons. The molecular formula is C94H107F3O2. The zero-order valence-corrected chi connectivity index (χ0v) is 63.9. The van der Waals surface area contributed by atoms with Crippen molar-refractivity contribution < 1.29 is 22.7 Å². The van der Waals surface area contributed by atoms with Crippen molar-refractivity contribution in [1.29, 1.82) is 0 Å². The molecule has 5 heteroatoms. The Morgan fingerprint density at radius 1 is 0.232 bits per heavy atom. The first-order valence-electron chi connectivity index (χ1n) is 34.5. The second-order valence-electron chi connectivity index (χ2n) is 28.0. The summed E-state index contributed by atoms with van der Waals surface area (Å²) in [6.45, 7) is 51.2. The monoisotopic (exact) mass is 1320 g/mol. The number of halogens is 3. The van der Waals surface area contributed by atoms with Gasteiger partial charge in [-0.25, -0.2) is 0 Å². The van der Waals surface area contributed by atoms with Crippen molar-refractivity contribution in [3.05, 3.63) is 350 Å². The molecule has 0 saturated carbocycles. The van der Waals surface area contributed by atoms with Crippen molar-refractivity contribution in [3.8, 4) is 33.8 Å². The van der Waals surface area contributed by atoms with Crippen molar-refractivity contribution in [2.75, 3.05) is 0 Å². The first-order valence-corrected chi connectivity index (χ1v) is 34.5. The first-order chi connectivity index (χ1) is 46.4. The van der Waals surface area contributed by atoms with Gasteiger partial charge >= 0.3 is 6.18 Å². The SMILES string of the molecule is Cc1cc(C)c(C)cc1C.Cc1ccc(-c2ccc(C)c(C)c2)cc1C.Cc1ccc(-c2ccc(C)c(C)c2)cc1C.Cc1ccc(C(=O)c2ccc(C)c(C)c2)cc1C.Cc1ccc(C(C)(c2ccc(C)c(C)c2)C(F)(F)F)cc1C.Cc1ccc(Oc2ccc(C)c(C)c2)cc1C. The number of alkyl halides is 3. The molecule has 0 unspecified atom stereocenters. The highest BCUT2D eigenvalue weighted by molar-refractivity contribution is 6.09. The van der Waals surface area contributed by atoms with E-state index in [2.05, 4.69) is 234 Å². The number of carbonyl (C=O) groups excluding carboxylic acids is 1. The summed E-state index contributed by atoms with van der Waals surface area (Å²) < 4.78 is 47.7. The van der Waals surface area contributed by atoms with Gasteiger partial charge in [0.25, 0.3) is 0 Å². The molecule has 0 N–H and O–H groups in total. The van der Waals surface area contributed by atoms with Crippen LogP contribution in [-0.2, 0) is 5.41 Å². The molecule has 0 saturated heterocycles. The van der Waals surface area contributed by atoms with E-state index in [1.807, 2.05) is 90.1 Å². The lowest BCUT2D eigenvalue weighted by Crippen LogP contribution is -2.40. The van der Waals surface area contributed by atoms with Crippen molar-refractivity contribution in [1.82, 2.24) is 0 Å². The van der Waals surface area contributed by atoms with E-state index in [-0.39, 0.29) is 16.9 Å². The lowest BCUT2D eigenvalue weighted by Gasteiger charge is -2.34. The first kappa shape index (κ1) is 78.7. The predicted molar refractivity (Wildman–Crippen MR) is 419 cm³/mol. The number of hydrogen-bond acceptors (Lipinski definition) is 2. The number of ketones is 1. The maximum absolute atomic E-state index is 13.9. The average molecular weight is 1330 g/mol. The summed E-state index contributed by atoms with van der Waals surface area (Å²) in [5.74, 6) is 1.90. The molecule has 516 valence electrons. The van der Waals surface area contributed by atoms with Gasteiger partial charge in [-0.1, -0.05) is 158 Å². The molecule has 0 aliphatic heterocycles. The third kappa shape index (κ3) is 21.1. The van der Waals surface area contributed by atoms with Crippen LogP contribution in [0.25, 0.3) is 22.3 Å². The van der Waals surface area contributed by atoms with Crippen molar-refractivity contribution >= 4 is 5.78 Å². The van der Waals surface area contributed by atoms with E-state index in [1.54, 1.807) is 36.4 Å². The van der Waals surface area contributed by atoms with Gasteiger partial charge in [0.1, 0.15) is 16.9 Å². The van der Waals surface area contributed by atoms with Crippen LogP contribution in [0.1, 0.15) is 167 Å². The summed E-state index contributed by atoms with van der Waals surface area (Å²) >= 11 is 0. The molecule has 0 aliphatic carbocycles. The zero-order valence-electron chi connectivity index (χ0n) is 63.9. The summed E-state index contributed by atoms with van der Waals surface area (Å²) in [6, 6.07) is 65.2. The van der Waals surface area contributed by atoms with Crippen molar-refractivity contribution in [2.45, 2.75) is 185 Å². The number of ether oxygens (including phenoxy) is 1. The highest BCUT2D eigenvalue weighted by Gasteiger charge is 2.53. The van der Waals surface area contributed by atoms with Gasteiger partial charge < -0.3 is 4.74 Å². The van der Waals surface area contributed by atoms with Gasteiger partial charge in [0.05, 0.1) is 0 Å². The summed E-state index contributed by atoms with van der Waals surface area (Å²) in [7, 11) is 0. The highest BCUT2D eigenvalue weighted by Crippen LogP contribution is 2.47. The van der Waals surface area contributed by atoms with E-state index in [9.17, 15) is 18.0 Å². The van der Waals surface area contributed by atoms with Gasteiger partial charge in [0.15, 0.2) is 5.78 Å². The lowest BCUT2D eigenvalue weighted by molar-refractivity contribution is -0.173. The van der Waals surface area contributed by atoms with Gasteiger partial charge in [-0.3, -0.25) is 4.79 Å². The Balaban J connectivity index is 0.000000189. The highest BCUT2D eigenvalue weighted by atomic mass is 19.4. The van der Waals surface area contributed by atoms with Crippen molar-refractivity contribution in [3.63, 3.8) is 0 Å². The molecule has 0 aliphatic rings. The van der Waals surface area contributed by atoms with Crippen LogP contribution in [0.2, 0.25) is 0 Å². The molecule has 0 heterocycles. The van der Waals surface area contributed by atoms with Crippen LogP contribution in [0.5, 0.6) is 11.5 Å². The minimum atomic E-state index is -4.36. The fraction of sp³-hybridized carbons (Fsp3) is 0.287. The zero-order chi connectivity index (χ0) is 73.5. The van der Waals surface area contributed by atoms with E-state index < -0.39 is 11.6 Å². The minimum absolute atomic E-state index is 0.0983. The van der Waals surface area contributed by atoms with Gasteiger partial charge in [-0.2, -0.15) is 13.2 Å². The summed E-state index contributed by atoms with van der Waals surface area (Å²) in [6.07, 6.45) is -4.36. The Bertz CT molecular complexity index is 4240. The predicted octanol–water partition coefficient (Wildman–Crippen LogP) is 26.7. The topological polar surface area (TPSA) is 26.3 Å². The number of hydrogen-bond donors (Lipinski definition) is 0. The average Bonchev–Trinajstić information content (AvgIpc) is 0.751. The fourth-order valence-corrected chi connectivity index (χ4v) is 11.0. The van der Waals surface area contributed by atoms with Crippen LogP contribution in [0, 0.1) is 166 Å². The Labute approximate surface area is 593 Å². The smallest absolute Gasteiger partial charge is 0.402 e. The minimum Gasteiger partial charge on any atom is -0.457 e. The third-order valence-electron chi connectivity index (χ3n) is 20.3. The van der Waals surface area contributed by atoms with E-state index >= 15 is 0 Å². The fourth-order valence-electron chi connectivity index (χ4n) is 11.0. The van der Waals surface area contributed by atoms with E-state index in [1.165, 1.54) is 129 Å². The van der Waals surface area contributed by atoms with Crippen LogP contribution in [0.4, 0.5) is 13.2 Å². The number of benzene rings is 11. The molecular weight excluding hydrogens is 1220 g/mol. The number of rotatable bonds is 8. The van der Waals surface area contributed by atoms with Gasteiger partial charge in [-0.05, 0) is 376 Å². The second kappa shape index (κ2) is 34.4. The Morgan fingerprint density at radius 2 is 0.434 bits per heavy atom. The van der Waals surface area contributed by atoms with Crippen LogP contribution in [0.15, 0.2) is 194 Å². The van der Waals surface area contributed by atoms with Crippen LogP contribution >= 0.6 is 0 Å². The Kier molecular flexibility index (Phi) is 27.4. The Morgan fingerprint density at radius 3 is 0.657 bits per heavy atom. The molecule has 0 aromatic heterocycles. The van der Waals surface area contributed by atoms with E-state index in [0.29, 0.717) is 0 Å². The summed E-state index contributed by atoms with van der Waals surface area (Å²) in [5, 5.41) is 0. The van der Waals surface area contributed by atoms with Crippen LogP contribution < -0.4 is 4.74 Å².